The molecule has 2 aromatic rings. The number of anilines is 1. The van der Waals surface area contributed by atoms with Crippen molar-refractivity contribution in [2.75, 3.05) is 11.9 Å². The number of hydrogen-bond acceptors (Lipinski definition) is 4. The van der Waals surface area contributed by atoms with Crippen molar-refractivity contribution < 1.29 is 0 Å². The first-order chi connectivity index (χ1) is 9.09. The lowest BCUT2D eigenvalue weighted by Crippen LogP contribution is -2.16. The van der Waals surface area contributed by atoms with Gasteiger partial charge < -0.3 is 15.6 Å². The maximum atomic E-state index is 5.74. The van der Waals surface area contributed by atoms with Gasteiger partial charge in [0, 0.05) is 35.7 Å². The Labute approximate surface area is 125 Å². The summed E-state index contributed by atoms with van der Waals surface area (Å²) in [6.45, 7) is 0.735. The Hall–Kier alpha value is -1.47. The molecule has 100 valence electrons. The van der Waals surface area contributed by atoms with Crippen LogP contribution in [0.1, 0.15) is 11.4 Å². The second-order valence-corrected chi connectivity index (χ2v) is 5.36. The molecule has 19 heavy (non-hydrogen) atoms. The van der Waals surface area contributed by atoms with Crippen LogP contribution in [0, 0.1) is 0 Å². The molecular formula is C12H14BrN5S. The topological polar surface area (TPSA) is 68.8 Å². The van der Waals surface area contributed by atoms with Gasteiger partial charge in [-0.25, -0.2) is 0 Å². The number of aryl methyl sites for hydroxylation is 1. The van der Waals surface area contributed by atoms with E-state index in [1.807, 2.05) is 29.8 Å². The van der Waals surface area contributed by atoms with Crippen LogP contribution in [0.3, 0.4) is 0 Å². The second-order valence-electron chi connectivity index (χ2n) is 4.06. The quantitative estimate of drug-likeness (QED) is 0.814. The molecule has 0 atom stereocenters. The first-order valence-electron chi connectivity index (χ1n) is 5.74. The number of nitrogens with zero attached hydrogens (tertiary/aromatic N) is 3. The highest BCUT2D eigenvalue weighted by Gasteiger charge is 2.09. The van der Waals surface area contributed by atoms with Gasteiger partial charge in [0.1, 0.15) is 17.1 Å². The van der Waals surface area contributed by atoms with Crippen molar-refractivity contribution in [1.82, 2.24) is 14.8 Å². The van der Waals surface area contributed by atoms with Crippen molar-refractivity contribution in [3.63, 3.8) is 0 Å². The third-order valence-corrected chi connectivity index (χ3v) is 3.59. The Morgan fingerprint density at radius 2 is 2.32 bits per heavy atom. The van der Waals surface area contributed by atoms with E-state index in [0.717, 1.165) is 34.5 Å². The van der Waals surface area contributed by atoms with Crippen LogP contribution in [0.15, 0.2) is 29.0 Å². The zero-order valence-corrected chi connectivity index (χ0v) is 12.8. The standard InChI is InChI=1S/C12H14BrN5S/c1-18-7-16-17-10(18)5-6-15-9-4-2-3-8(13)11(9)12(14)19/h2-4,7,15H,5-6H2,1H3,(H2,14,19). The van der Waals surface area contributed by atoms with Gasteiger partial charge in [-0.3, -0.25) is 0 Å². The molecule has 0 aliphatic carbocycles. The Bertz CT molecular complexity index is 596. The van der Waals surface area contributed by atoms with Gasteiger partial charge in [0.2, 0.25) is 0 Å². The molecule has 0 saturated heterocycles. The minimum atomic E-state index is 0.369. The molecule has 2 rings (SSSR count). The molecule has 0 aliphatic heterocycles. The second kappa shape index (κ2) is 6.12. The Morgan fingerprint density at radius 1 is 1.53 bits per heavy atom. The van der Waals surface area contributed by atoms with Crippen LogP contribution in [-0.2, 0) is 13.5 Å². The van der Waals surface area contributed by atoms with E-state index >= 15 is 0 Å². The number of nitrogens with one attached hydrogen (secondary N) is 1. The monoisotopic (exact) mass is 339 g/mol. The molecule has 1 aromatic heterocycles. The highest BCUT2D eigenvalue weighted by atomic mass is 79.9. The van der Waals surface area contributed by atoms with Gasteiger partial charge in [-0.05, 0) is 28.1 Å². The number of hydrogen-bond donors (Lipinski definition) is 2. The van der Waals surface area contributed by atoms with Gasteiger partial charge in [-0.2, -0.15) is 0 Å². The molecule has 0 radical (unpaired) electrons. The van der Waals surface area contributed by atoms with Crippen molar-refractivity contribution in [1.29, 1.82) is 0 Å². The SMILES string of the molecule is Cn1cnnc1CCNc1cccc(Br)c1C(N)=S. The van der Waals surface area contributed by atoms with Gasteiger partial charge in [-0.15, -0.1) is 10.2 Å². The number of thiocarbonyl (C=S) groups is 1. The van der Waals surface area contributed by atoms with Crippen molar-refractivity contribution >= 4 is 38.8 Å². The molecule has 3 N–H and O–H groups in total. The fourth-order valence-electron chi connectivity index (χ4n) is 1.76. The summed E-state index contributed by atoms with van der Waals surface area (Å²) >= 11 is 8.53. The molecular weight excluding hydrogens is 326 g/mol. The molecule has 7 heteroatoms. The van der Waals surface area contributed by atoms with Crippen LogP contribution in [0.5, 0.6) is 0 Å². The summed E-state index contributed by atoms with van der Waals surface area (Å²) in [6.07, 6.45) is 2.47. The number of benzene rings is 1. The predicted octanol–water partition coefficient (Wildman–Crippen LogP) is 1.87. The molecule has 0 saturated carbocycles. The fraction of sp³-hybridized carbons (Fsp3) is 0.250. The molecule has 5 nitrogen and oxygen atoms in total. The van der Waals surface area contributed by atoms with Crippen molar-refractivity contribution in [2.24, 2.45) is 12.8 Å². The molecule has 1 aromatic carbocycles. The van der Waals surface area contributed by atoms with E-state index < -0.39 is 0 Å². The van der Waals surface area contributed by atoms with Crippen LogP contribution in [0.4, 0.5) is 5.69 Å². The number of nitrogens with two attached hydrogens (primary N) is 1. The minimum Gasteiger partial charge on any atom is -0.389 e. The Balaban J connectivity index is 2.06. The van der Waals surface area contributed by atoms with Crippen LogP contribution in [0.25, 0.3) is 0 Å². The maximum absolute atomic E-state index is 5.74. The van der Waals surface area contributed by atoms with E-state index in [1.54, 1.807) is 6.33 Å². The largest absolute Gasteiger partial charge is 0.389 e. The van der Waals surface area contributed by atoms with Crippen LogP contribution < -0.4 is 11.1 Å². The smallest absolute Gasteiger partial charge is 0.134 e. The van der Waals surface area contributed by atoms with Crippen molar-refractivity contribution in [2.45, 2.75) is 6.42 Å². The van der Waals surface area contributed by atoms with Crippen LogP contribution in [0.2, 0.25) is 0 Å². The average molecular weight is 340 g/mol. The summed E-state index contributed by atoms with van der Waals surface area (Å²) in [6, 6.07) is 5.81. The molecule has 0 fully saturated rings. The molecule has 0 bridgehead atoms. The number of rotatable bonds is 5. The van der Waals surface area contributed by atoms with Gasteiger partial charge in [0.15, 0.2) is 0 Å². The lowest BCUT2D eigenvalue weighted by Gasteiger charge is -2.12. The third kappa shape index (κ3) is 3.30. The normalized spacial score (nSPS) is 10.4. The van der Waals surface area contributed by atoms with Gasteiger partial charge in [0.05, 0.1) is 0 Å². The molecule has 0 spiro atoms. The van der Waals surface area contributed by atoms with Crippen LogP contribution >= 0.6 is 28.1 Å². The van der Waals surface area contributed by atoms with E-state index in [2.05, 4.69) is 31.4 Å². The zero-order valence-electron chi connectivity index (χ0n) is 10.4. The highest BCUT2D eigenvalue weighted by molar-refractivity contribution is 9.10. The fourth-order valence-corrected chi connectivity index (χ4v) is 2.70. The summed E-state index contributed by atoms with van der Waals surface area (Å²) in [5.74, 6) is 0.930. The summed E-state index contributed by atoms with van der Waals surface area (Å²) in [7, 11) is 1.93. The first kappa shape index (κ1) is 14.0. The predicted molar refractivity (Wildman–Crippen MR) is 83.2 cm³/mol. The summed E-state index contributed by atoms with van der Waals surface area (Å²) in [5.41, 5.74) is 7.49. The molecule has 1 heterocycles. The van der Waals surface area contributed by atoms with Crippen molar-refractivity contribution in [3.8, 4) is 0 Å². The third-order valence-electron chi connectivity index (χ3n) is 2.73. The molecule has 0 amide bonds. The lowest BCUT2D eigenvalue weighted by atomic mass is 10.1. The first-order valence-corrected chi connectivity index (χ1v) is 6.94. The Kier molecular flexibility index (Phi) is 4.49. The maximum Gasteiger partial charge on any atom is 0.134 e. The summed E-state index contributed by atoms with van der Waals surface area (Å²) in [4.78, 5) is 0.369. The van der Waals surface area contributed by atoms with Gasteiger partial charge in [0.25, 0.3) is 0 Å². The van der Waals surface area contributed by atoms with E-state index in [9.17, 15) is 0 Å². The highest BCUT2D eigenvalue weighted by Crippen LogP contribution is 2.24. The van der Waals surface area contributed by atoms with Gasteiger partial charge >= 0.3 is 0 Å². The number of halogens is 1. The van der Waals surface area contributed by atoms with E-state index in [4.69, 9.17) is 18.0 Å². The summed E-state index contributed by atoms with van der Waals surface area (Å²) < 4.78 is 2.79. The molecule has 0 unspecified atom stereocenters. The average Bonchev–Trinajstić information content (AvgIpc) is 2.75. The summed E-state index contributed by atoms with van der Waals surface area (Å²) in [5, 5.41) is 11.2. The number of aromatic nitrogens is 3. The van der Waals surface area contributed by atoms with E-state index in [0.29, 0.717) is 4.99 Å². The lowest BCUT2D eigenvalue weighted by molar-refractivity contribution is 0.788. The minimum absolute atomic E-state index is 0.369. The van der Waals surface area contributed by atoms with Crippen LogP contribution in [-0.4, -0.2) is 26.3 Å². The Morgan fingerprint density at radius 3 is 2.95 bits per heavy atom. The zero-order chi connectivity index (χ0) is 13.8. The molecule has 0 aliphatic rings. The van der Waals surface area contributed by atoms with E-state index in [-0.39, 0.29) is 0 Å². The van der Waals surface area contributed by atoms with Gasteiger partial charge in [-0.1, -0.05) is 18.3 Å². The van der Waals surface area contributed by atoms with Crippen molar-refractivity contribution in [3.05, 3.63) is 40.4 Å². The van der Waals surface area contributed by atoms with E-state index in [1.165, 1.54) is 0 Å².